The molecule has 0 aromatic carbocycles. The minimum absolute atomic E-state index is 0.0321. The molecule has 0 aliphatic rings. The summed E-state index contributed by atoms with van der Waals surface area (Å²) >= 11 is 0. The van der Waals surface area contributed by atoms with E-state index in [2.05, 4.69) is 38.2 Å². The van der Waals surface area contributed by atoms with Crippen molar-refractivity contribution in [3.05, 3.63) is 36.6 Å². The maximum Gasteiger partial charge on any atom is 0.472 e. The Labute approximate surface area is 320 Å². The van der Waals surface area contributed by atoms with Crippen molar-refractivity contribution in [1.29, 1.82) is 0 Å². The van der Waals surface area contributed by atoms with E-state index in [-0.39, 0.29) is 32.3 Å². The van der Waals surface area contributed by atoms with Crippen molar-refractivity contribution < 1.29 is 32.8 Å². The van der Waals surface area contributed by atoms with E-state index in [1.807, 2.05) is 6.08 Å². The van der Waals surface area contributed by atoms with Crippen LogP contribution in [0.5, 0.6) is 0 Å². The van der Waals surface area contributed by atoms with E-state index in [0.29, 0.717) is 6.42 Å². The highest BCUT2D eigenvalue weighted by molar-refractivity contribution is 7.47. The van der Waals surface area contributed by atoms with Gasteiger partial charge < -0.3 is 20.1 Å². The van der Waals surface area contributed by atoms with Crippen molar-refractivity contribution >= 4 is 13.8 Å². The predicted octanol–water partition coefficient (Wildman–Crippen LogP) is 13.0. The summed E-state index contributed by atoms with van der Waals surface area (Å²) in [6.45, 7) is 4.22. The SMILES string of the molecule is CCCCCC=CCC=CCCCCCCCCCCCC(=O)O[C@H](COC=CCCCCCCCCCCCCCC)COP(=O)(O)OCCN. The number of carbonyl (C=O) groups excluding carboxylic acids is 1. The molecule has 0 aromatic rings. The number of ether oxygens (including phenoxy) is 2. The monoisotopic (exact) mass is 756 g/mol. The zero-order valence-corrected chi connectivity index (χ0v) is 34.7. The summed E-state index contributed by atoms with van der Waals surface area (Å²) in [5, 5.41) is 0. The van der Waals surface area contributed by atoms with E-state index in [1.54, 1.807) is 6.26 Å². The second-order valence-corrected chi connectivity index (χ2v) is 15.7. The number of phosphoric acid groups is 1. The van der Waals surface area contributed by atoms with Crippen LogP contribution >= 0.6 is 7.82 Å². The van der Waals surface area contributed by atoms with Crippen LogP contribution in [-0.2, 0) is 27.9 Å². The highest BCUT2D eigenvalue weighted by Crippen LogP contribution is 2.43. The van der Waals surface area contributed by atoms with Crippen molar-refractivity contribution in [3.63, 3.8) is 0 Å². The number of allylic oxidation sites excluding steroid dienone is 5. The average molecular weight is 756 g/mol. The normalized spacial score (nSPS) is 13.8. The molecule has 0 aliphatic carbocycles. The van der Waals surface area contributed by atoms with Gasteiger partial charge in [-0.3, -0.25) is 13.8 Å². The van der Waals surface area contributed by atoms with Gasteiger partial charge in [0, 0.05) is 13.0 Å². The first-order valence-corrected chi connectivity index (χ1v) is 23.0. The first-order chi connectivity index (χ1) is 25.4. The minimum Gasteiger partial charge on any atom is -0.498 e. The van der Waals surface area contributed by atoms with Crippen molar-refractivity contribution in [2.24, 2.45) is 5.73 Å². The lowest BCUT2D eigenvalue weighted by molar-refractivity contribution is -0.153. The van der Waals surface area contributed by atoms with Gasteiger partial charge in [-0.2, -0.15) is 0 Å². The number of rotatable bonds is 41. The van der Waals surface area contributed by atoms with Gasteiger partial charge in [0.05, 0.1) is 19.5 Å². The van der Waals surface area contributed by atoms with Crippen LogP contribution in [0.2, 0.25) is 0 Å². The molecular weight excluding hydrogens is 673 g/mol. The first-order valence-electron chi connectivity index (χ1n) is 21.5. The first kappa shape index (κ1) is 50.6. The number of hydrogen-bond acceptors (Lipinski definition) is 7. The lowest BCUT2D eigenvalue weighted by Crippen LogP contribution is -2.27. The van der Waals surface area contributed by atoms with Crippen LogP contribution in [0.1, 0.15) is 200 Å². The summed E-state index contributed by atoms with van der Waals surface area (Å²) in [4.78, 5) is 22.4. The zero-order chi connectivity index (χ0) is 38.1. The maximum atomic E-state index is 12.6. The Hall–Kier alpha value is -1.44. The van der Waals surface area contributed by atoms with Crippen molar-refractivity contribution in [2.75, 3.05) is 26.4 Å². The lowest BCUT2D eigenvalue weighted by atomic mass is 10.0. The molecule has 8 nitrogen and oxygen atoms in total. The van der Waals surface area contributed by atoms with E-state index >= 15 is 0 Å². The highest BCUT2D eigenvalue weighted by Gasteiger charge is 2.25. The molecule has 52 heavy (non-hydrogen) atoms. The average Bonchev–Trinajstić information content (AvgIpc) is 3.13. The fourth-order valence-corrected chi connectivity index (χ4v) is 6.70. The van der Waals surface area contributed by atoms with Gasteiger partial charge >= 0.3 is 13.8 Å². The highest BCUT2D eigenvalue weighted by atomic mass is 31.2. The Kier molecular flexibility index (Phi) is 39.6. The Morgan fingerprint density at radius 3 is 1.56 bits per heavy atom. The number of hydrogen-bond donors (Lipinski definition) is 2. The van der Waals surface area contributed by atoms with Crippen LogP contribution < -0.4 is 5.73 Å². The van der Waals surface area contributed by atoms with Crippen LogP contribution in [0.3, 0.4) is 0 Å². The molecule has 0 rings (SSSR count). The number of phosphoric ester groups is 1. The zero-order valence-electron chi connectivity index (χ0n) is 33.8. The lowest BCUT2D eigenvalue weighted by Gasteiger charge is -2.19. The quantitative estimate of drug-likeness (QED) is 0.0208. The van der Waals surface area contributed by atoms with E-state index in [4.69, 9.17) is 24.3 Å². The molecule has 9 heteroatoms. The Bertz CT molecular complexity index is 895. The second-order valence-electron chi connectivity index (χ2n) is 14.3. The molecular formula is C43H82NO7P. The van der Waals surface area contributed by atoms with Crippen LogP contribution in [0.25, 0.3) is 0 Å². The summed E-state index contributed by atoms with van der Waals surface area (Å²) in [6.07, 6.45) is 46.8. The summed E-state index contributed by atoms with van der Waals surface area (Å²) in [5.74, 6) is -0.356. The molecule has 2 atom stereocenters. The number of nitrogens with two attached hydrogens (primary N) is 1. The van der Waals surface area contributed by atoms with Crippen molar-refractivity contribution in [2.45, 2.75) is 206 Å². The Morgan fingerprint density at radius 1 is 0.596 bits per heavy atom. The molecule has 1 unspecified atom stereocenters. The predicted molar refractivity (Wildman–Crippen MR) is 219 cm³/mol. The fraction of sp³-hybridized carbons (Fsp3) is 0.837. The Morgan fingerprint density at radius 2 is 1.04 bits per heavy atom. The molecule has 0 bridgehead atoms. The molecule has 0 radical (unpaired) electrons. The summed E-state index contributed by atoms with van der Waals surface area (Å²) < 4.78 is 33.2. The van der Waals surface area contributed by atoms with Crippen molar-refractivity contribution in [3.8, 4) is 0 Å². The molecule has 0 fully saturated rings. The van der Waals surface area contributed by atoms with Crippen LogP contribution in [0, 0.1) is 0 Å². The molecule has 0 spiro atoms. The van der Waals surface area contributed by atoms with E-state index in [0.717, 1.165) is 38.5 Å². The molecule has 0 saturated heterocycles. The molecule has 306 valence electrons. The summed E-state index contributed by atoms with van der Waals surface area (Å²) in [6, 6.07) is 0. The summed E-state index contributed by atoms with van der Waals surface area (Å²) in [7, 11) is -4.29. The van der Waals surface area contributed by atoms with Gasteiger partial charge in [-0.15, -0.1) is 0 Å². The van der Waals surface area contributed by atoms with Gasteiger partial charge in [0.1, 0.15) is 6.61 Å². The van der Waals surface area contributed by atoms with E-state index < -0.39 is 13.9 Å². The second kappa shape index (κ2) is 40.7. The molecule has 0 saturated carbocycles. The van der Waals surface area contributed by atoms with Crippen LogP contribution in [-0.4, -0.2) is 43.3 Å². The maximum absolute atomic E-state index is 12.6. The summed E-state index contributed by atoms with van der Waals surface area (Å²) in [5.41, 5.74) is 5.36. The molecule has 0 heterocycles. The van der Waals surface area contributed by atoms with Crippen molar-refractivity contribution in [1.82, 2.24) is 0 Å². The van der Waals surface area contributed by atoms with Crippen LogP contribution in [0.4, 0.5) is 0 Å². The van der Waals surface area contributed by atoms with Gasteiger partial charge in [0.15, 0.2) is 6.10 Å². The van der Waals surface area contributed by atoms with E-state index in [1.165, 1.54) is 141 Å². The third kappa shape index (κ3) is 39.8. The third-order valence-corrected chi connectivity index (χ3v) is 10.1. The third-order valence-electron chi connectivity index (χ3n) is 9.12. The Balaban J connectivity index is 4.07. The standard InChI is InChI=1S/C43H82NO7P/c1-3-5-7-9-11-13-15-17-19-20-21-22-23-24-26-28-30-32-34-36-43(45)51-42(41-50-52(46,47)49-39-37-44)40-48-38-35-33-31-29-27-25-18-16-14-12-10-8-6-4-2/h11,13,17,19,35,38,42H,3-10,12,14-16,18,20-34,36-37,39-41,44H2,1-2H3,(H,46,47)/t42-/m1/s1. The largest absolute Gasteiger partial charge is 0.498 e. The number of carbonyl (C=O) groups is 1. The van der Waals surface area contributed by atoms with Gasteiger partial charge in [0.25, 0.3) is 0 Å². The van der Waals surface area contributed by atoms with Gasteiger partial charge in [-0.05, 0) is 57.4 Å². The molecule has 0 aliphatic heterocycles. The van der Waals surface area contributed by atoms with Gasteiger partial charge in [-0.1, -0.05) is 167 Å². The molecule has 0 aromatic heterocycles. The van der Waals surface area contributed by atoms with E-state index in [9.17, 15) is 14.3 Å². The smallest absolute Gasteiger partial charge is 0.472 e. The molecule has 3 N–H and O–H groups in total. The fourth-order valence-electron chi connectivity index (χ4n) is 5.93. The topological polar surface area (TPSA) is 117 Å². The number of esters is 1. The molecule has 0 amide bonds. The number of unbranched alkanes of at least 4 members (excludes halogenated alkanes) is 24. The minimum atomic E-state index is -4.29. The van der Waals surface area contributed by atoms with Gasteiger partial charge in [0.2, 0.25) is 0 Å². The van der Waals surface area contributed by atoms with Crippen LogP contribution in [0.15, 0.2) is 36.6 Å². The van der Waals surface area contributed by atoms with Gasteiger partial charge in [-0.25, -0.2) is 4.57 Å².